The number of halogens is 1. The average molecular weight is 289 g/mol. The van der Waals surface area contributed by atoms with Crippen LogP contribution in [-0.2, 0) is 0 Å². The Morgan fingerprint density at radius 3 is 2.50 bits per heavy atom. The summed E-state index contributed by atoms with van der Waals surface area (Å²) in [6.45, 7) is 3.85. The Hall–Kier alpha value is -1.80. The van der Waals surface area contributed by atoms with Gasteiger partial charge in [0.2, 0.25) is 5.78 Å². The lowest BCUT2D eigenvalue weighted by molar-refractivity contribution is 0.0786. The molecule has 0 heterocycles. The van der Waals surface area contributed by atoms with E-state index >= 15 is 0 Å². The van der Waals surface area contributed by atoms with Crippen LogP contribution in [0.5, 0.6) is 5.75 Å². The molecule has 0 radical (unpaired) electrons. The summed E-state index contributed by atoms with van der Waals surface area (Å²) in [5.41, 5.74) is 1.61. The number of ether oxygens (including phenoxy) is 1. The first-order valence-corrected chi connectivity index (χ1v) is 7.01. The predicted octanol–water partition coefficient (Wildman–Crippen LogP) is 4.69. The number of ketones is 1. The number of hydrogen-bond acceptors (Lipinski definition) is 2. The van der Waals surface area contributed by atoms with Crippen molar-refractivity contribution in [2.75, 3.05) is 0 Å². The van der Waals surface area contributed by atoms with E-state index in [1.807, 2.05) is 50.2 Å². The van der Waals surface area contributed by atoms with Crippen LogP contribution < -0.4 is 4.74 Å². The standard InChI is InChI=1S/C17H17ClO2/c1-3-16(17(19)13-7-5-4-6-8-13)20-14-9-10-15(18)12(2)11-14/h4-11,16H,3H2,1-2H3. The molecular weight excluding hydrogens is 272 g/mol. The third-order valence-electron chi connectivity index (χ3n) is 3.13. The molecule has 3 heteroatoms. The maximum atomic E-state index is 12.4. The highest BCUT2D eigenvalue weighted by Gasteiger charge is 2.20. The van der Waals surface area contributed by atoms with Crippen LogP contribution in [0.1, 0.15) is 29.3 Å². The van der Waals surface area contributed by atoms with Gasteiger partial charge in [0.05, 0.1) is 0 Å². The van der Waals surface area contributed by atoms with Gasteiger partial charge in [0.15, 0.2) is 6.10 Å². The summed E-state index contributed by atoms with van der Waals surface area (Å²) in [5.74, 6) is 0.670. The topological polar surface area (TPSA) is 26.3 Å². The maximum Gasteiger partial charge on any atom is 0.203 e. The molecule has 0 aliphatic rings. The van der Waals surface area contributed by atoms with E-state index in [-0.39, 0.29) is 5.78 Å². The fourth-order valence-electron chi connectivity index (χ4n) is 1.97. The van der Waals surface area contributed by atoms with E-state index in [2.05, 4.69) is 0 Å². The third kappa shape index (κ3) is 3.40. The Balaban J connectivity index is 2.16. The summed E-state index contributed by atoms with van der Waals surface area (Å²) in [5, 5.41) is 0.694. The summed E-state index contributed by atoms with van der Waals surface area (Å²) in [6, 6.07) is 14.6. The largest absolute Gasteiger partial charge is 0.482 e. The Kier molecular flexibility index (Phi) is 4.80. The molecule has 1 atom stereocenters. The van der Waals surface area contributed by atoms with Crippen LogP contribution in [0.3, 0.4) is 0 Å². The highest BCUT2D eigenvalue weighted by molar-refractivity contribution is 6.31. The van der Waals surface area contributed by atoms with Crippen LogP contribution in [0.25, 0.3) is 0 Å². The number of benzene rings is 2. The second kappa shape index (κ2) is 6.58. The molecule has 2 nitrogen and oxygen atoms in total. The van der Waals surface area contributed by atoms with Gasteiger partial charge >= 0.3 is 0 Å². The van der Waals surface area contributed by atoms with Crippen molar-refractivity contribution in [1.29, 1.82) is 0 Å². The Morgan fingerprint density at radius 1 is 1.20 bits per heavy atom. The van der Waals surface area contributed by atoms with Crippen molar-refractivity contribution in [3.63, 3.8) is 0 Å². The number of carbonyl (C=O) groups is 1. The van der Waals surface area contributed by atoms with Crippen LogP contribution in [-0.4, -0.2) is 11.9 Å². The summed E-state index contributed by atoms with van der Waals surface area (Å²) in [4.78, 5) is 12.4. The van der Waals surface area contributed by atoms with E-state index in [0.717, 1.165) is 5.56 Å². The lowest BCUT2D eigenvalue weighted by Crippen LogP contribution is -2.26. The fraction of sp³-hybridized carbons (Fsp3) is 0.235. The fourth-order valence-corrected chi connectivity index (χ4v) is 2.08. The Bertz CT molecular complexity index is 593. The molecule has 0 saturated carbocycles. The maximum absolute atomic E-state index is 12.4. The minimum absolute atomic E-state index is 0.000651. The molecular formula is C17H17ClO2. The quantitative estimate of drug-likeness (QED) is 0.746. The second-order valence-corrected chi connectivity index (χ2v) is 5.06. The van der Waals surface area contributed by atoms with Gasteiger partial charge in [-0.05, 0) is 37.1 Å². The zero-order valence-electron chi connectivity index (χ0n) is 11.6. The molecule has 20 heavy (non-hydrogen) atoms. The summed E-state index contributed by atoms with van der Waals surface area (Å²) in [7, 11) is 0. The normalized spacial score (nSPS) is 11.9. The van der Waals surface area contributed by atoms with Crippen molar-refractivity contribution < 1.29 is 9.53 Å². The van der Waals surface area contributed by atoms with Crippen LogP contribution in [0.4, 0.5) is 0 Å². The minimum atomic E-state index is -0.474. The number of aryl methyl sites for hydroxylation is 1. The third-order valence-corrected chi connectivity index (χ3v) is 3.55. The summed E-state index contributed by atoms with van der Waals surface area (Å²) < 4.78 is 5.81. The zero-order valence-corrected chi connectivity index (χ0v) is 12.4. The predicted molar refractivity (Wildman–Crippen MR) is 81.7 cm³/mol. The van der Waals surface area contributed by atoms with Gasteiger partial charge in [0.1, 0.15) is 5.75 Å². The van der Waals surface area contributed by atoms with E-state index in [0.29, 0.717) is 22.8 Å². The highest BCUT2D eigenvalue weighted by Crippen LogP contribution is 2.23. The zero-order chi connectivity index (χ0) is 14.5. The summed E-state index contributed by atoms with van der Waals surface area (Å²) in [6.07, 6.45) is 0.146. The molecule has 0 spiro atoms. The first-order valence-electron chi connectivity index (χ1n) is 6.64. The van der Waals surface area contributed by atoms with E-state index in [4.69, 9.17) is 16.3 Å². The average Bonchev–Trinajstić information content (AvgIpc) is 2.48. The molecule has 2 aromatic carbocycles. The molecule has 2 rings (SSSR count). The molecule has 0 bridgehead atoms. The smallest absolute Gasteiger partial charge is 0.203 e. The Labute approximate surface area is 124 Å². The van der Waals surface area contributed by atoms with Crippen LogP contribution in [0, 0.1) is 6.92 Å². The van der Waals surface area contributed by atoms with Crippen molar-refractivity contribution >= 4 is 17.4 Å². The molecule has 104 valence electrons. The molecule has 0 aliphatic heterocycles. The molecule has 0 aliphatic carbocycles. The highest BCUT2D eigenvalue weighted by atomic mass is 35.5. The van der Waals surface area contributed by atoms with E-state index in [1.54, 1.807) is 12.1 Å². The Morgan fingerprint density at radius 2 is 1.90 bits per heavy atom. The second-order valence-electron chi connectivity index (χ2n) is 4.66. The van der Waals surface area contributed by atoms with Crippen molar-refractivity contribution in [3.05, 3.63) is 64.7 Å². The van der Waals surface area contributed by atoms with Crippen molar-refractivity contribution in [1.82, 2.24) is 0 Å². The van der Waals surface area contributed by atoms with Crippen molar-refractivity contribution in [2.45, 2.75) is 26.4 Å². The van der Waals surface area contributed by atoms with Crippen LogP contribution in [0.15, 0.2) is 48.5 Å². The van der Waals surface area contributed by atoms with Gasteiger partial charge in [-0.3, -0.25) is 4.79 Å². The van der Waals surface area contributed by atoms with Gasteiger partial charge < -0.3 is 4.74 Å². The molecule has 2 aromatic rings. The number of carbonyl (C=O) groups excluding carboxylic acids is 1. The molecule has 0 N–H and O–H groups in total. The SMILES string of the molecule is CCC(Oc1ccc(Cl)c(C)c1)C(=O)c1ccccc1. The number of hydrogen-bond donors (Lipinski definition) is 0. The van der Waals surface area contributed by atoms with Crippen molar-refractivity contribution in [2.24, 2.45) is 0 Å². The number of Topliss-reactive ketones (excluding diaryl/α,β-unsaturated/α-hetero) is 1. The van der Waals surface area contributed by atoms with Gasteiger partial charge in [0, 0.05) is 10.6 Å². The molecule has 0 fully saturated rings. The van der Waals surface area contributed by atoms with Crippen LogP contribution in [0.2, 0.25) is 5.02 Å². The van der Waals surface area contributed by atoms with E-state index < -0.39 is 6.10 Å². The van der Waals surface area contributed by atoms with E-state index in [1.165, 1.54) is 0 Å². The molecule has 1 unspecified atom stereocenters. The molecule has 0 aromatic heterocycles. The first kappa shape index (κ1) is 14.6. The molecule has 0 amide bonds. The van der Waals surface area contributed by atoms with Gasteiger partial charge in [-0.15, -0.1) is 0 Å². The van der Waals surface area contributed by atoms with Gasteiger partial charge in [-0.25, -0.2) is 0 Å². The van der Waals surface area contributed by atoms with Gasteiger partial charge in [-0.1, -0.05) is 48.9 Å². The number of rotatable bonds is 5. The summed E-state index contributed by atoms with van der Waals surface area (Å²) >= 11 is 5.99. The van der Waals surface area contributed by atoms with Gasteiger partial charge in [0.25, 0.3) is 0 Å². The monoisotopic (exact) mass is 288 g/mol. The lowest BCUT2D eigenvalue weighted by Gasteiger charge is -2.17. The van der Waals surface area contributed by atoms with Crippen LogP contribution >= 0.6 is 11.6 Å². The minimum Gasteiger partial charge on any atom is -0.482 e. The molecule has 0 saturated heterocycles. The van der Waals surface area contributed by atoms with Gasteiger partial charge in [-0.2, -0.15) is 0 Å². The van der Waals surface area contributed by atoms with Crippen molar-refractivity contribution in [3.8, 4) is 5.75 Å². The lowest BCUT2D eigenvalue weighted by atomic mass is 10.0. The first-order chi connectivity index (χ1) is 9.61. The van der Waals surface area contributed by atoms with E-state index in [9.17, 15) is 4.79 Å².